The highest BCUT2D eigenvalue weighted by Gasteiger charge is 2.79. The van der Waals surface area contributed by atoms with Gasteiger partial charge in [0.05, 0.1) is 19.8 Å². The van der Waals surface area contributed by atoms with Crippen LogP contribution in [0.2, 0.25) is 99.7 Å². The van der Waals surface area contributed by atoms with Crippen LogP contribution in [0.15, 0.2) is 36.5 Å². The van der Waals surface area contributed by atoms with Gasteiger partial charge in [-0.05, 0) is 139 Å². The number of hydrogen-bond acceptors (Lipinski definition) is 18. The Bertz CT molecular complexity index is 1930. The molecule has 3 saturated heterocycles. The second-order valence-corrected chi connectivity index (χ2v) is 62.8. The lowest BCUT2D eigenvalue weighted by Gasteiger charge is -2.60. The van der Waals surface area contributed by atoms with Crippen LogP contribution in [-0.2, 0) is 78.0 Å². The molecule has 0 N–H and O–H groups in total. The third-order valence-corrected chi connectivity index (χ3v) is 59.9. The minimum absolute atomic E-state index is 0.0279. The van der Waals surface area contributed by atoms with Crippen LogP contribution in [0.5, 0.6) is 0 Å². The first kappa shape index (κ1) is 76.6. The fraction of sp³-hybridized carbons (Fsp3) is 0.836. The van der Waals surface area contributed by atoms with E-state index in [0.29, 0.717) is 96.4 Å². The van der Waals surface area contributed by atoms with Gasteiger partial charge in [-0.25, -0.2) is 14.4 Å². The number of carbonyl (C=O) groups excluding carboxylic acids is 3. The fourth-order valence-corrected chi connectivity index (χ4v) is 67.5. The van der Waals surface area contributed by atoms with E-state index in [9.17, 15) is 14.4 Å². The zero-order chi connectivity index (χ0) is 63.4. The Balaban J connectivity index is 2.74. The molecule has 18 nitrogen and oxygen atoms in total. The molecule has 0 aromatic heterocycles. The van der Waals surface area contributed by atoms with Crippen LogP contribution in [-0.4, -0.2) is 124 Å². The first-order chi connectivity index (χ1) is 37.9. The van der Waals surface area contributed by atoms with Crippen molar-refractivity contribution in [2.24, 2.45) is 41.4 Å². The number of esters is 3. The van der Waals surface area contributed by atoms with Crippen LogP contribution in [0.4, 0.5) is 0 Å². The monoisotopic (exact) mass is 1340 g/mol. The van der Waals surface area contributed by atoms with Crippen LogP contribution in [0.25, 0.3) is 0 Å². The molecule has 0 aromatic rings. The van der Waals surface area contributed by atoms with Crippen LogP contribution >= 0.6 is 0 Å². The first-order valence-electron chi connectivity index (χ1n) is 30.8. The molecule has 3 aliphatic rings. The number of rotatable bonds is 35. The summed E-state index contributed by atoms with van der Waals surface area (Å²) in [5.74, 6) is -1.59. The second kappa shape index (κ2) is 31.4. The zero-order valence-electron chi connectivity index (χ0n) is 55.8. The van der Waals surface area contributed by atoms with E-state index in [2.05, 4.69) is 156 Å². The third-order valence-electron chi connectivity index (χ3n) is 13.2. The maximum absolute atomic E-state index is 12.6. The van der Waals surface area contributed by atoms with Gasteiger partial charge in [-0.2, -0.15) is 0 Å². The number of carbonyl (C=O) groups is 3. The quantitative estimate of drug-likeness (QED) is 0.0191. The normalized spacial score (nSPS) is 28.1. The van der Waals surface area contributed by atoms with Gasteiger partial charge in [0.2, 0.25) is 0 Å². The minimum atomic E-state index is -4.36. The summed E-state index contributed by atoms with van der Waals surface area (Å²) in [4.78, 5) is 37.9. The maximum Gasteiger partial charge on any atom is 0.479 e. The molecular formula is C55H114O18Si10. The van der Waals surface area contributed by atoms with Gasteiger partial charge in [0.1, 0.15) is 0 Å². The largest absolute Gasteiger partial charge is 0.479 e. The van der Waals surface area contributed by atoms with Crippen molar-refractivity contribution in [2.75, 3.05) is 19.8 Å². The Hall–Kier alpha value is -0.681. The molecule has 0 amide bonds. The van der Waals surface area contributed by atoms with Crippen molar-refractivity contribution < 1.29 is 78.0 Å². The van der Waals surface area contributed by atoms with Gasteiger partial charge < -0.3 is 63.6 Å². The molecule has 0 unspecified atom stereocenters. The highest BCUT2D eigenvalue weighted by atomic mass is 28.6. The van der Waals surface area contributed by atoms with E-state index >= 15 is 0 Å². The SMILES string of the molecule is C=C(C)C(=O)OCCC[Si](C)(C)O[Si]1(CC(C)C)O[Si]2(CC(C)C)O[Si](CC(C)C)(O[Si](C)(C)CCCOC(=O)C(=C)C)O[Si]3(CC(C)C)O[Si](CC(C)C)(O[Si](C)(C)CCCOC(=O)C(=C)C)O[Si](CC(C)C)(O1)O[Si](CC(C)C)(O2)O3. The van der Waals surface area contributed by atoms with Crippen LogP contribution in [0.3, 0.4) is 0 Å². The highest BCUT2D eigenvalue weighted by Crippen LogP contribution is 2.53. The van der Waals surface area contributed by atoms with Gasteiger partial charge in [-0.15, -0.1) is 0 Å². The minimum Gasteiger partial charge on any atom is -0.462 e. The molecule has 3 aliphatic heterocycles. The Labute approximate surface area is 513 Å². The van der Waals surface area contributed by atoms with Crippen molar-refractivity contribution >= 4 is 104 Å². The van der Waals surface area contributed by atoms with Crippen molar-refractivity contribution in [1.29, 1.82) is 0 Å². The Morgan fingerprint density at radius 3 is 0.687 bits per heavy atom. The predicted octanol–water partition coefficient (Wildman–Crippen LogP) is 14.5. The van der Waals surface area contributed by atoms with Crippen molar-refractivity contribution in [2.45, 2.75) is 237 Å². The van der Waals surface area contributed by atoms with Crippen LogP contribution < -0.4 is 0 Å². The van der Waals surface area contributed by atoms with Gasteiger partial charge in [-0.1, -0.05) is 117 Å². The summed E-state index contributed by atoms with van der Waals surface area (Å²) in [5.41, 5.74) is 1.01. The van der Waals surface area contributed by atoms with Crippen LogP contribution in [0.1, 0.15) is 137 Å². The molecule has 3 rings (SSSR count). The van der Waals surface area contributed by atoms with Crippen molar-refractivity contribution in [3.05, 3.63) is 36.5 Å². The van der Waals surface area contributed by atoms with E-state index in [4.69, 9.17) is 63.6 Å². The molecule has 482 valence electrons. The highest BCUT2D eigenvalue weighted by molar-refractivity contribution is 7.01. The van der Waals surface area contributed by atoms with E-state index in [-0.39, 0.29) is 61.2 Å². The van der Waals surface area contributed by atoms with E-state index in [1.165, 1.54) is 0 Å². The molecule has 28 heteroatoms. The standard InChI is InChI=1S/C55H114O18Si10/c1-43(2)36-77(62-74(21,22)33-27-30-59-53(56)50(15)16)65-80(39-46(7)8)67-78(37-44(3)4,63-75(23,24)34-28-31-60-54(57)51(17)18)69-82(41-48(11)12)70-79(38-45(5)6,64-76(25,26)35-29-32-61-55(58)52(19)20)68-81(66-77,40-47(9)10)72-83(71-80,73-82)42-49(13)14/h43-49H,15,17,19,27-42H2,1-14,16,18,20-26H3. The Morgan fingerprint density at radius 2 is 0.518 bits per heavy atom. The molecule has 3 heterocycles. The number of ether oxygens (including phenoxy) is 3. The molecule has 0 radical (unpaired) electrons. The summed E-state index contributed by atoms with van der Waals surface area (Å²) < 4.78 is 115. The number of hydrogen-bond donors (Lipinski definition) is 0. The van der Waals surface area contributed by atoms with Gasteiger partial charge in [0.15, 0.2) is 25.0 Å². The van der Waals surface area contributed by atoms with Gasteiger partial charge in [0, 0.05) is 59.0 Å². The second-order valence-electron chi connectivity index (χ2n) is 28.5. The summed E-state index contributed by atoms with van der Waals surface area (Å²) in [6, 6.07) is 4.18. The molecule has 83 heavy (non-hydrogen) atoms. The van der Waals surface area contributed by atoms with E-state index in [1.54, 1.807) is 20.8 Å². The average Bonchev–Trinajstić information content (AvgIpc) is 1.99. The van der Waals surface area contributed by atoms with Crippen LogP contribution in [0, 0.1) is 41.4 Å². The molecule has 3 fully saturated rings. The molecule has 0 aliphatic carbocycles. The van der Waals surface area contributed by atoms with Gasteiger partial charge in [-0.3, -0.25) is 0 Å². The van der Waals surface area contributed by atoms with Crippen molar-refractivity contribution in [3.8, 4) is 0 Å². The van der Waals surface area contributed by atoms with E-state index in [1.807, 2.05) is 0 Å². The smallest absolute Gasteiger partial charge is 0.462 e. The molecule has 0 spiro atoms. The number of fused-ring (bicyclic) bond motifs is 3. The molecule has 0 aromatic carbocycles. The summed E-state index contributed by atoms with van der Waals surface area (Å²) >= 11 is 0. The van der Waals surface area contributed by atoms with Crippen molar-refractivity contribution in [3.63, 3.8) is 0 Å². The molecule has 4 bridgehead atoms. The third kappa shape index (κ3) is 25.3. The lowest BCUT2D eigenvalue weighted by atomic mass is 10.3. The summed E-state index contributed by atoms with van der Waals surface area (Å²) in [6.45, 7) is 59.8. The van der Waals surface area contributed by atoms with E-state index in [0.717, 1.165) is 0 Å². The van der Waals surface area contributed by atoms with Crippen molar-refractivity contribution in [1.82, 2.24) is 0 Å². The molecular weight excluding hydrogens is 1230 g/mol. The average molecular weight is 1340 g/mol. The molecule has 0 saturated carbocycles. The first-order valence-corrected chi connectivity index (χ1v) is 53.6. The van der Waals surface area contributed by atoms with Gasteiger partial charge in [0.25, 0.3) is 0 Å². The maximum atomic E-state index is 12.6. The van der Waals surface area contributed by atoms with E-state index < -0.39 is 104 Å². The Kier molecular flexibility index (Phi) is 28.9. The predicted molar refractivity (Wildman–Crippen MR) is 349 cm³/mol. The topological polar surface area (TPSA) is 190 Å². The Morgan fingerprint density at radius 1 is 0.337 bits per heavy atom. The van der Waals surface area contributed by atoms with Gasteiger partial charge >= 0.3 is 79.5 Å². The summed E-state index contributed by atoms with van der Waals surface area (Å²) in [7, 11) is -39.1. The fourth-order valence-electron chi connectivity index (χ4n) is 10.7. The summed E-state index contributed by atoms with van der Waals surface area (Å²) in [6.07, 6.45) is 1.60. The summed E-state index contributed by atoms with van der Waals surface area (Å²) in [5, 5.41) is 0. The lowest BCUT2D eigenvalue weighted by molar-refractivity contribution is -0.139. The molecule has 0 atom stereocenters. The lowest BCUT2D eigenvalue weighted by Crippen LogP contribution is -2.84. The zero-order valence-corrected chi connectivity index (χ0v) is 65.8.